The van der Waals surface area contributed by atoms with Crippen LogP contribution in [0.1, 0.15) is 24.0 Å². The Morgan fingerprint density at radius 2 is 2.26 bits per heavy atom. The third kappa shape index (κ3) is 5.75. The molecule has 2 amide bonds. The zero-order valence-electron chi connectivity index (χ0n) is 14.4. The molecule has 5 heteroatoms. The molecule has 1 aliphatic rings. The molecular formula is C18H28N2O3. The Bertz CT molecular complexity index is 513. The number of carbonyl (C=O) groups excluding carboxylic acids is 1. The molecule has 23 heavy (non-hydrogen) atoms. The number of nitrogens with zero attached hydrogens (tertiary/aromatic N) is 1. The van der Waals surface area contributed by atoms with E-state index in [1.807, 2.05) is 19.1 Å². The van der Waals surface area contributed by atoms with E-state index in [9.17, 15) is 4.79 Å². The summed E-state index contributed by atoms with van der Waals surface area (Å²) in [7, 11) is 1.79. The van der Waals surface area contributed by atoms with Crippen molar-refractivity contribution in [1.29, 1.82) is 0 Å². The van der Waals surface area contributed by atoms with Crippen LogP contribution in [0.2, 0.25) is 0 Å². The Balaban J connectivity index is 1.67. The second-order valence-electron chi connectivity index (χ2n) is 6.31. The third-order valence-electron chi connectivity index (χ3n) is 4.16. The molecule has 0 saturated carbocycles. The van der Waals surface area contributed by atoms with Crippen molar-refractivity contribution < 1.29 is 14.3 Å². The summed E-state index contributed by atoms with van der Waals surface area (Å²) < 4.78 is 11.2. The Hall–Kier alpha value is -1.75. The highest BCUT2D eigenvalue weighted by molar-refractivity contribution is 5.73. The molecule has 1 atom stereocenters. The van der Waals surface area contributed by atoms with Crippen LogP contribution in [-0.4, -0.2) is 50.9 Å². The molecule has 0 aliphatic carbocycles. The number of hydrogen-bond donors (Lipinski definition) is 1. The summed E-state index contributed by atoms with van der Waals surface area (Å²) in [6.07, 6.45) is 2.21. The first-order chi connectivity index (χ1) is 11.1. The van der Waals surface area contributed by atoms with E-state index in [2.05, 4.69) is 18.3 Å². The van der Waals surface area contributed by atoms with Crippen molar-refractivity contribution >= 4 is 6.03 Å². The van der Waals surface area contributed by atoms with E-state index in [0.29, 0.717) is 25.6 Å². The molecule has 128 valence electrons. The lowest BCUT2D eigenvalue weighted by Crippen LogP contribution is -2.42. The highest BCUT2D eigenvalue weighted by Crippen LogP contribution is 2.18. The fourth-order valence-corrected chi connectivity index (χ4v) is 2.69. The van der Waals surface area contributed by atoms with Crippen LogP contribution in [0, 0.1) is 19.8 Å². The number of benzene rings is 1. The fraction of sp³-hybridized carbons (Fsp3) is 0.611. The van der Waals surface area contributed by atoms with Gasteiger partial charge in [0.1, 0.15) is 12.4 Å². The van der Waals surface area contributed by atoms with E-state index >= 15 is 0 Å². The van der Waals surface area contributed by atoms with Crippen molar-refractivity contribution in [3.8, 4) is 5.75 Å². The number of likely N-dealkylation sites (N-methyl/N-ethyl adjacent to an activating group) is 1. The minimum absolute atomic E-state index is 0.0557. The van der Waals surface area contributed by atoms with Gasteiger partial charge in [-0.15, -0.1) is 0 Å². The summed E-state index contributed by atoms with van der Waals surface area (Å²) >= 11 is 0. The topological polar surface area (TPSA) is 50.8 Å². The molecule has 0 radical (unpaired) electrons. The van der Waals surface area contributed by atoms with E-state index in [4.69, 9.17) is 9.47 Å². The molecule has 1 unspecified atom stereocenters. The zero-order chi connectivity index (χ0) is 16.7. The SMILES string of the molecule is Cc1ccc(OCCN(C)C(=O)NCC2CCCOC2)c(C)c1. The zero-order valence-corrected chi connectivity index (χ0v) is 14.4. The van der Waals surface area contributed by atoms with Gasteiger partial charge in [-0.1, -0.05) is 17.7 Å². The first-order valence-electron chi connectivity index (χ1n) is 8.33. The van der Waals surface area contributed by atoms with Gasteiger partial charge < -0.3 is 19.7 Å². The first-order valence-corrected chi connectivity index (χ1v) is 8.33. The van der Waals surface area contributed by atoms with E-state index in [1.165, 1.54) is 5.56 Å². The minimum Gasteiger partial charge on any atom is -0.491 e. The van der Waals surface area contributed by atoms with Crippen molar-refractivity contribution in [2.45, 2.75) is 26.7 Å². The van der Waals surface area contributed by atoms with Gasteiger partial charge in [0.2, 0.25) is 0 Å². The Morgan fingerprint density at radius 1 is 1.43 bits per heavy atom. The number of amides is 2. The lowest BCUT2D eigenvalue weighted by atomic mass is 10.0. The van der Waals surface area contributed by atoms with Gasteiger partial charge in [0.05, 0.1) is 13.2 Å². The summed E-state index contributed by atoms with van der Waals surface area (Å²) in [5.41, 5.74) is 2.34. The number of nitrogens with one attached hydrogen (secondary N) is 1. The van der Waals surface area contributed by atoms with Gasteiger partial charge in [0.25, 0.3) is 0 Å². The van der Waals surface area contributed by atoms with E-state index in [1.54, 1.807) is 11.9 Å². The molecule has 1 N–H and O–H groups in total. The maximum absolute atomic E-state index is 12.1. The summed E-state index contributed by atoms with van der Waals surface area (Å²) in [5, 5.41) is 2.97. The van der Waals surface area contributed by atoms with Crippen molar-refractivity contribution in [3.63, 3.8) is 0 Å². The first kappa shape index (κ1) is 17.6. The van der Waals surface area contributed by atoms with Crippen LogP contribution in [0.25, 0.3) is 0 Å². The maximum atomic E-state index is 12.1. The average Bonchev–Trinajstić information content (AvgIpc) is 2.55. The summed E-state index contributed by atoms with van der Waals surface area (Å²) in [6, 6.07) is 6.05. The van der Waals surface area contributed by atoms with Gasteiger partial charge in [-0.2, -0.15) is 0 Å². The number of rotatable bonds is 6. The van der Waals surface area contributed by atoms with E-state index < -0.39 is 0 Å². The Kier molecular flexibility index (Phi) is 6.71. The van der Waals surface area contributed by atoms with E-state index in [0.717, 1.165) is 37.4 Å². The number of ether oxygens (including phenoxy) is 2. The summed E-state index contributed by atoms with van der Waals surface area (Å²) in [4.78, 5) is 13.7. The predicted octanol–water partition coefficient (Wildman–Crippen LogP) is 2.75. The van der Waals surface area contributed by atoms with E-state index in [-0.39, 0.29) is 6.03 Å². The van der Waals surface area contributed by atoms with Crippen LogP contribution in [-0.2, 0) is 4.74 Å². The molecule has 1 aromatic rings. The van der Waals surface area contributed by atoms with Crippen LogP contribution in [0.3, 0.4) is 0 Å². The van der Waals surface area contributed by atoms with Gasteiger partial charge in [-0.25, -0.2) is 4.79 Å². The molecule has 2 rings (SSSR count). The molecule has 1 aromatic carbocycles. The van der Waals surface area contributed by atoms with Crippen molar-refractivity contribution in [2.24, 2.45) is 5.92 Å². The maximum Gasteiger partial charge on any atom is 0.317 e. The van der Waals surface area contributed by atoms with Crippen LogP contribution < -0.4 is 10.1 Å². The van der Waals surface area contributed by atoms with Gasteiger partial charge in [0, 0.05) is 20.2 Å². The minimum atomic E-state index is -0.0557. The average molecular weight is 320 g/mol. The summed E-state index contributed by atoms with van der Waals surface area (Å²) in [6.45, 7) is 7.42. The lowest BCUT2D eigenvalue weighted by molar-refractivity contribution is 0.0552. The van der Waals surface area contributed by atoms with Crippen LogP contribution in [0.5, 0.6) is 5.75 Å². The van der Waals surface area contributed by atoms with Crippen molar-refractivity contribution in [3.05, 3.63) is 29.3 Å². The molecular weight excluding hydrogens is 292 g/mol. The molecule has 1 saturated heterocycles. The molecule has 1 fully saturated rings. The molecule has 5 nitrogen and oxygen atoms in total. The largest absolute Gasteiger partial charge is 0.491 e. The van der Waals surface area contributed by atoms with Crippen molar-refractivity contribution in [1.82, 2.24) is 10.2 Å². The monoisotopic (exact) mass is 320 g/mol. The fourth-order valence-electron chi connectivity index (χ4n) is 2.69. The van der Waals surface area contributed by atoms with Gasteiger partial charge in [0.15, 0.2) is 0 Å². The highest BCUT2D eigenvalue weighted by Gasteiger charge is 2.16. The van der Waals surface area contributed by atoms with Crippen LogP contribution in [0.4, 0.5) is 4.79 Å². The van der Waals surface area contributed by atoms with Gasteiger partial charge in [-0.05, 0) is 44.2 Å². The van der Waals surface area contributed by atoms with Crippen LogP contribution in [0.15, 0.2) is 18.2 Å². The Labute approximate surface area is 139 Å². The Morgan fingerprint density at radius 3 is 2.96 bits per heavy atom. The molecule has 0 spiro atoms. The number of hydrogen-bond acceptors (Lipinski definition) is 3. The van der Waals surface area contributed by atoms with Gasteiger partial charge >= 0.3 is 6.03 Å². The lowest BCUT2D eigenvalue weighted by Gasteiger charge is -2.24. The number of urea groups is 1. The molecule has 1 heterocycles. The number of carbonyl (C=O) groups is 1. The second kappa shape index (κ2) is 8.77. The summed E-state index contributed by atoms with van der Waals surface area (Å²) in [5.74, 6) is 1.32. The molecule has 0 aromatic heterocycles. The number of aryl methyl sites for hydroxylation is 2. The van der Waals surface area contributed by atoms with Gasteiger partial charge in [-0.3, -0.25) is 0 Å². The van der Waals surface area contributed by atoms with Crippen molar-refractivity contribution in [2.75, 3.05) is 40.0 Å². The normalized spacial score (nSPS) is 17.6. The van der Waals surface area contributed by atoms with Crippen LogP contribution >= 0.6 is 0 Å². The standard InChI is InChI=1S/C18H28N2O3/c1-14-6-7-17(15(2)11-14)23-10-8-20(3)18(21)19-12-16-5-4-9-22-13-16/h6-7,11,16H,4-5,8-10,12-13H2,1-3H3,(H,19,21). The predicted molar refractivity (Wildman–Crippen MR) is 91.0 cm³/mol. The highest BCUT2D eigenvalue weighted by atomic mass is 16.5. The quantitative estimate of drug-likeness (QED) is 0.877. The molecule has 1 aliphatic heterocycles. The molecule has 0 bridgehead atoms. The smallest absolute Gasteiger partial charge is 0.317 e. The second-order valence-corrected chi connectivity index (χ2v) is 6.31. The third-order valence-corrected chi connectivity index (χ3v) is 4.16.